The van der Waals surface area contributed by atoms with Crippen LogP contribution in [-0.2, 0) is 7.05 Å². The summed E-state index contributed by atoms with van der Waals surface area (Å²) in [5, 5.41) is 13.6. The predicted octanol–water partition coefficient (Wildman–Crippen LogP) is 4.63. The Morgan fingerprint density at radius 3 is 2.73 bits per heavy atom. The Morgan fingerprint density at radius 2 is 1.85 bits per heavy atom. The van der Waals surface area contributed by atoms with Crippen LogP contribution in [-0.4, -0.2) is 27.8 Å². The zero-order valence-electron chi connectivity index (χ0n) is 14.9. The standard InChI is InChI=1S/C22H23N3O/c1-25-15-21(18-8-2-3-9-22(18)25)20-14-23-13-19(20)16-6-4-7-17(12-16)24-10-5-11-26/h2-4,6-9,12-15,23-24,26H,5,10-11H2,1H3. The molecule has 0 radical (unpaired) electrons. The second-order valence-electron chi connectivity index (χ2n) is 6.54. The molecule has 0 spiro atoms. The molecule has 0 saturated carbocycles. The van der Waals surface area contributed by atoms with Gasteiger partial charge in [0.2, 0.25) is 0 Å². The Hall–Kier alpha value is -2.98. The summed E-state index contributed by atoms with van der Waals surface area (Å²) in [5.74, 6) is 0. The number of para-hydroxylation sites is 1. The Labute approximate surface area is 153 Å². The lowest BCUT2D eigenvalue weighted by Gasteiger charge is -2.09. The van der Waals surface area contributed by atoms with Crippen molar-refractivity contribution in [1.29, 1.82) is 0 Å². The molecule has 0 unspecified atom stereocenters. The summed E-state index contributed by atoms with van der Waals surface area (Å²) in [7, 11) is 2.09. The van der Waals surface area contributed by atoms with Crippen molar-refractivity contribution in [2.45, 2.75) is 6.42 Å². The molecule has 2 aromatic carbocycles. The third kappa shape index (κ3) is 3.00. The number of nitrogens with zero attached hydrogens (tertiary/aromatic N) is 1. The fraction of sp³-hybridized carbons (Fsp3) is 0.182. The van der Waals surface area contributed by atoms with Crippen molar-refractivity contribution in [2.24, 2.45) is 7.05 Å². The van der Waals surface area contributed by atoms with Crippen LogP contribution in [0.4, 0.5) is 5.69 Å². The highest BCUT2D eigenvalue weighted by Crippen LogP contribution is 2.37. The van der Waals surface area contributed by atoms with Crippen molar-refractivity contribution >= 4 is 16.6 Å². The summed E-state index contributed by atoms with van der Waals surface area (Å²) in [6.45, 7) is 0.971. The van der Waals surface area contributed by atoms with Gasteiger partial charge in [-0.25, -0.2) is 0 Å². The number of hydrogen-bond acceptors (Lipinski definition) is 2. The first kappa shape index (κ1) is 16.5. The Kier molecular flexibility index (Phi) is 4.50. The van der Waals surface area contributed by atoms with Crippen molar-refractivity contribution in [3.8, 4) is 22.3 Å². The molecular weight excluding hydrogens is 322 g/mol. The van der Waals surface area contributed by atoms with Gasteiger partial charge in [-0.2, -0.15) is 0 Å². The highest BCUT2D eigenvalue weighted by atomic mass is 16.3. The highest BCUT2D eigenvalue weighted by molar-refractivity contribution is 6.00. The molecule has 0 aliphatic rings. The lowest BCUT2D eigenvalue weighted by molar-refractivity contribution is 0.292. The lowest BCUT2D eigenvalue weighted by Crippen LogP contribution is -2.03. The Morgan fingerprint density at radius 1 is 1.00 bits per heavy atom. The van der Waals surface area contributed by atoms with Gasteiger partial charge >= 0.3 is 0 Å². The third-order valence-electron chi connectivity index (χ3n) is 4.77. The molecule has 0 atom stereocenters. The van der Waals surface area contributed by atoms with E-state index in [4.69, 9.17) is 5.11 Å². The number of aliphatic hydroxyl groups excluding tert-OH is 1. The largest absolute Gasteiger partial charge is 0.396 e. The van der Waals surface area contributed by atoms with E-state index >= 15 is 0 Å². The number of anilines is 1. The summed E-state index contributed by atoms with van der Waals surface area (Å²) in [5.41, 5.74) is 7.10. The van der Waals surface area contributed by atoms with Gasteiger partial charge in [-0.1, -0.05) is 30.3 Å². The summed E-state index contributed by atoms with van der Waals surface area (Å²) >= 11 is 0. The van der Waals surface area contributed by atoms with Gasteiger partial charge in [0.25, 0.3) is 0 Å². The molecule has 2 aromatic heterocycles. The van der Waals surface area contributed by atoms with E-state index in [0.717, 1.165) is 18.7 Å². The van der Waals surface area contributed by atoms with E-state index in [1.807, 2.05) is 0 Å². The molecule has 0 aliphatic carbocycles. The maximum atomic E-state index is 8.95. The fourth-order valence-electron chi connectivity index (χ4n) is 3.49. The molecule has 0 bridgehead atoms. The summed E-state index contributed by atoms with van der Waals surface area (Å²) in [6.07, 6.45) is 7.07. The molecule has 4 heteroatoms. The van der Waals surface area contributed by atoms with Gasteiger partial charge in [0, 0.05) is 72.1 Å². The summed E-state index contributed by atoms with van der Waals surface area (Å²) in [6, 6.07) is 16.9. The Bertz CT molecular complexity index is 1030. The van der Waals surface area contributed by atoms with Gasteiger partial charge in [0.05, 0.1) is 0 Å². The quantitative estimate of drug-likeness (QED) is 0.446. The molecule has 0 fully saturated rings. The van der Waals surface area contributed by atoms with Crippen LogP contribution in [0.2, 0.25) is 0 Å². The van der Waals surface area contributed by atoms with Gasteiger partial charge < -0.3 is 20.0 Å². The van der Waals surface area contributed by atoms with Gasteiger partial charge in [0.15, 0.2) is 0 Å². The number of aryl methyl sites for hydroxylation is 1. The zero-order valence-corrected chi connectivity index (χ0v) is 14.9. The van der Waals surface area contributed by atoms with Crippen molar-refractivity contribution in [3.63, 3.8) is 0 Å². The van der Waals surface area contributed by atoms with Crippen LogP contribution in [0.1, 0.15) is 6.42 Å². The van der Waals surface area contributed by atoms with E-state index in [1.165, 1.54) is 33.2 Å². The molecule has 0 amide bonds. The molecule has 0 aliphatic heterocycles. The average molecular weight is 345 g/mol. The summed E-state index contributed by atoms with van der Waals surface area (Å²) in [4.78, 5) is 3.28. The Balaban J connectivity index is 1.74. The van der Waals surface area contributed by atoms with Crippen LogP contribution in [0, 0.1) is 0 Å². The van der Waals surface area contributed by atoms with Crippen LogP contribution in [0.3, 0.4) is 0 Å². The van der Waals surface area contributed by atoms with Crippen molar-refractivity contribution in [1.82, 2.24) is 9.55 Å². The van der Waals surface area contributed by atoms with E-state index in [-0.39, 0.29) is 6.61 Å². The first-order valence-corrected chi connectivity index (χ1v) is 8.94. The fourth-order valence-corrected chi connectivity index (χ4v) is 3.49. The minimum atomic E-state index is 0.204. The average Bonchev–Trinajstić information content (AvgIpc) is 3.27. The number of rotatable bonds is 6. The topological polar surface area (TPSA) is 53.0 Å². The number of nitrogens with one attached hydrogen (secondary N) is 2. The van der Waals surface area contributed by atoms with Gasteiger partial charge in [-0.15, -0.1) is 0 Å². The number of hydrogen-bond donors (Lipinski definition) is 3. The van der Waals surface area contributed by atoms with Crippen LogP contribution in [0.15, 0.2) is 67.1 Å². The second-order valence-corrected chi connectivity index (χ2v) is 6.54. The summed E-state index contributed by atoms with van der Waals surface area (Å²) < 4.78 is 2.17. The maximum absolute atomic E-state index is 8.95. The van der Waals surface area contributed by atoms with Crippen LogP contribution in [0.25, 0.3) is 33.2 Å². The van der Waals surface area contributed by atoms with Gasteiger partial charge in [-0.05, 0) is 30.2 Å². The van der Waals surface area contributed by atoms with E-state index in [9.17, 15) is 0 Å². The number of benzene rings is 2. The lowest BCUT2D eigenvalue weighted by atomic mass is 9.98. The third-order valence-corrected chi connectivity index (χ3v) is 4.77. The van der Waals surface area contributed by atoms with Crippen molar-refractivity contribution in [2.75, 3.05) is 18.5 Å². The normalized spacial score (nSPS) is 11.2. The molecule has 0 saturated heterocycles. The smallest absolute Gasteiger partial charge is 0.0484 e. The van der Waals surface area contributed by atoms with E-state index < -0.39 is 0 Å². The molecule has 4 rings (SSSR count). The predicted molar refractivity (Wildman–Crippen MR) is 108 cm³/mol. The maximum Gasteiger partial charge on any atom is 0.0484 e. The van der Waals surface area contributed by atoms with Crippen LogP contribution < -0.4 is 5.32 Å². The van der Waals surface area contributed by atoms with Crippen LogP contribution >= 0.6 is 0 Å². The van der Waals surface area contributed by atoms with Crippen LogP contribution in [0.5, 0.6) is 0 Å². The van der Waals surface area contributed by atoms with Gasteiger partial charge in [0.1, 0.15) is 0 Å². The monoisotopic (exact) mass is 345 g/mol. The van der Waals surface area contributed by atoms with Gasteiger partial charge in [-0.3, -0.25) is 0 Å². The minimum Gasteiger partial charge on any atom is -0.396 e. The number of aromatic amines is 1. The molecule has 4 nitrogen and oxygen atoms in total. The number of aliphatic hydroxyl groups is 1. The van der Waals surface area contributed by atoms with Crippen molar-refractivity contribution < 1.29 is 5.11 Å². The molecule has 4 aromatic rings. The molecule has 2 heterocycles. The highest BCUT2D eigenvalue weighted by Gasteiger charge is 2.14. The number of aromatic nitrogens is 2. The molecular formula is C22H23N3O. The molecule has 132 valence electrons. The molecule has 3 N–H and O–H groups in total. The first-order chi connectivity index (χ1) is 12.8. The second kappa shape index (κ2) is 7.10. The molecule has 26 heavy (non-hydrogen) atoms. The first-order valence-electron chi connectivity index (χ1n) is 8.94. The number of H-pyrrole nitrogens is 1. The zero-order chi connectivity index (χ0) is 17.9. The number of fused-ring (bicyclic) bond motifs is 1. The SMILES string of the molecule is Cn1cc(-c2c[nH]cc2-c2cccc(NCCCO)c2)c2ccccc21. The van der Waals surface area contributed by atoms with E-state index in [0.29, 0.717) is 0 Å². The van der Waals surface area contributed by atoms with E-state index in [1.54, 1.807) is 0 Å². The van der Waals surface area contributed by atoms with E-state index in [2.05, 4.69) is 89.0 Å². The minimum absolute atomic E-state index is 0.204. The van der Waals surface area contributed by atoms with Crippen molar-refractivity contribution in [3.05, 3.63) is 67.1 Å².